The van der Waals surface area contributed by atoms with Crippen LogP contribution in [0.15, 0.2) is 53.6 Å². The topological polar surface area (TPSA) is 61.7 Å². The molecule has 2 aromatic rings. The Morgan fingerprint density at radius 3 is 2.67 bits per heavy atom. The van der Waals surface area contributed by atoms with E-state index in [1.54, 1.807) is 24.3 Å². The van der Waals surface area contributed by atoms with Crippen LogP contribution in [-0.4, -0.2) is 22.1 Å². The fourth-order valence-corrected chi connectivity index (χ4v) is 3.66. The van der Waals surface area contributed by atoms with Crippen molar-refractivity contribution in [3.8, 4) is 5.75 Å². The Hall–Kier alpha value is -2.04. The van der Waals surface area contributed by atoms with Gasteiger partial charge in [0.05, 0.1) is 12.1 Å². The molecule has 0 aliphatic heterocycles. The highest BCUT2D eigenvalue weighted by atomic mass is 35.5. The number of para-hydroxylation sites is 1. The standard InChI is InChI=1S/C18H16Cl2N2O2/c19-17(20)16-13-7-3-1-5-11(13)9-14(16)18(24)22-21-10-12-6-2-4-8-15(12)23/h1-8,10,14,16-17,23H,9H2,(H,22,24). The molecule has 0 fully saturated rings. The first-order chi connectivity index (χ1) is 11.6. The van der Waals surface area contributed by atoms with E-state index < -0.39 is 4.84 Å². The molecule has 0 bridgehead atoms. The van der Waals surface area contributed by atoms with E-state index in [4.69, 9.17) is 23.2 Å². The van der Waals surface area contributed by atoms with Crippen molar-refractivity contribution in [3.05, 3.63) is 65.2 Å². The van der Waals surface area contributed by atoms with E-state index >= 15 is 0 Å². The van der Waals surface area contributed by atoms with E-state index in [1.807, 2.05) is 24.3 Å². The minimum Gasteiger partial charge on any atom is -0.507 e. The van der Waals surface area contributed by atoms with Gasteiger partial charge in [-0.05, 0) is 29.7 Å². The van der Waals surface area contributed by atoms with Crippen LogP contribution in [0.5, 0.6) is 5.75 Å². The first kappa shape index (κ1) is 16.8. The lowest BCUT2D eigenvalue weighted by molar-refractivity contribution is -0.125. The van der Waals surface area contributed by atoms with Crippen LogP contribution < -0.4 is 5.43 Å². The number of hydrogen-bond acceptors (Lipinski definition) is 3. The molecule has 1 aliphatic rings. The number of phenolic OH excluding ortho intramolecular Hbond substituents is 1. The third kappa shape index (κ3) is 3.40. The van der Waals surface area contributed by atoms with Crippen molar-refractivity contribution in [1.82, 2.24) is 5.43 Å². The molecule has 6 heteroatoms. The van der Waals surface area contributed by atoms with Gasteiger partial charge in [-0.1, -0.05) is 36.4 Å². The zero-order chi connectivity index (χ0) is 17.1. The summed E-state index contributed by atoms with van der Waals surface area (Å²) in [6.07, 6.45) is 1.98. The number of halogens is 2. The van der Waals surface area contributed by atoms with Gasteiger partial charge in [0.25, 0.3) is 0 Å². The Labute approximate surface area is 150 Å². The first-order valence-corrected chi connectivity index (χ1v) is 8.42. The molecular formula is C18H16Cl2N2O2. The summed E-state index contributed by atoms with van der Waals surface area (Å²) < 4.78 is 0. The van der Waals surface area contributed by atoms with Crippen molar-refractivity contribution in [3.63, 3.8) is 0 Å². The molecule has 0 saturated carbocycles. The molecule has 0 radical (unpaired) electrons. The van der Waals surface area contributed by atoms with E-state index in [9.17, 15) is 9.90 Å². The molecule has 2 unspecified atom stereocenters. The lowest BCUT2D eigenvalue weighted by Crippen LogP contribution is -2.31. The van der Waals surface area contributed by atoms with Crippen molar-refractivity contribution in [2.24, 2.45) is 11.0 Å². The maximum atomic E-state index is 12.5. The highest BCUT2D eigenvalue weighted by molar-refractivity contribution is 6.45. The summed E-state index contributed by atoms with van der Waals surface area (Å²) in [6.45, 7) is 0. The van der Waals surface area contributed by atoms with Crippen molar-refractivity contribution in [2.75, 3.05) is 0 Å². The molecule has 2 atom stereocenters. The van der Waals surface area contributed by atoms with Crippen molar-refractivity contribution < 1.29 is 9.90 Å². The molecule has 0 saturated heterocycles. The zero-order valence-corrected chi connectivity index (χ0v) is 14.2. The minimum atomic E-state index is -0.674. The summed E-state index contributed by atoms with van der Waals surface area (Å²) in [5.41, 5.74) is 5.14. The number of nitrogens with zero attached hydrogens (tertiary/aromatic N) is 1. The Morgan fingerprint density at radius 2 is 1.92 bits per heavy atom. The number of fused-ring (bicyclic) bond motifs is 1. The molecule has 0 heterocycles. The number of rotatable bonds is 4. The smallest absolute Gasteiger partial charge is 0.244 e. The fourth-order valence-electron chi connectivity index (χ4n) is 3.04. The molecular weight excluding hydrogens is 347 g/mol. The first-order valence-electron chi connectivity index (χ1n) is 7.55. The SMILES string of the molecule is O=C(NN=Cc1ccccc1O)C1Cc2ccccc2C1C(Cl)Cl. The van der Waals surface area contributed by atoms with E-state index in [2.05, 4.69) is 10.5 Å². The monoisotopic (exact) mass is 362 g/mol. The maximum Gasteiger partial charge on any atom is 0.244 e. The molecule has 3 rings (SSSR count). The van der Waals surface area contributed by atoms with Crippen molar-refractivity contribution >= 4 is 35.3 Å². The summed E-state index contributed by atoms with van der Waals surface area (Å²) in [5.74, 6) is -0.772. The number of benzene rings is 2. The van der Waals surface area contributed by atoms with Gasteiger partial charge in [-0.25, -0.2) is 5.43 Å². The summed E-state index contributed by atoms with van der Waals surface area (Å²) in [6, 6.07) is 14.5. The number of alkyl halides is 2. The molecule has 2 N–H and O–H groups in total. The molecule has 1 aliphatic carbocycles. The number of nitrogens with one attached hydrogen (secondary N) is 1. The Morgan fingerprint density at radius 1 is 1.21 bits per heavy atom. The molecule has 0 spiro atoms. The van der Waals surface area contributed by atoms with Crippen molar-refractivity contribution in [1.29, 1.82) is 0 Å². The molecule has 2 aromatic carbocycles. The van der Waals surface area contributed by atoms with Gasteiger partial charge >= 0.3 is 0 Å². The second-order valence-corrected chi connectivity index (χ2v) is 6.83. The lowest BCUT2D eigenvalue weighted by atomic mass is 9.93. The molecule has 1 amide bonds. The van der Waals surface area contributed by atoms with Gasteiger partial charge in [0.1, 0.15) is 10.6 Å². The minimum absolute atomic E-state index is 0.100. The second-order valence-electron chi connectivity index (χ2n) is 5.66. The van der Waals surface area contributed by atoms with Gasteiger partial charge in [-0.15, -0.1) is 23.2 Å². The van der Waals surface area contributed by atoms with Crippen LogP contribution in [0, 0.1) is 5.92 Å². The highest BCUT2D eigenvalue weighted by Gasteiger charge is 2.40. The zero-order valence-electron chi connectivity index (χ0n) is 12.7. The normalized spacial score (nSPS) is 19.6. The number of amides is 1. The van der Waals surface area contributed by atoms with E-state index in [0.29, 0.717) is 12.0 Å². The molecule has 124 valence electrons. The van der Waals surface area contributed by atoms with Crippen LogP contribution in [0.1, 0.15) is 22.6 Å². The second kappa shape index (κ2) is 7.24. The van der Waals surface area contributed by atoms with Crippen molar-refractivity contribution in [2.45, 2.75) is 17.2 Å². The maximum absolute atomic E-state index is 12.5. The predicted molar refractivity (Wildman–Crippen MR) is 95.7 cm³/mol. The Balaban J connectivity index is 1.72. The Bertz CT molecular complexity index is 777. The van der Waals surface area contributed by atoms with E-state index in [0.717, 1.165) is 11.1 Å². The summed E-state index contributed by atoms with van der Waals surface area (Å²) in [4.78, 5) is 11.8. The predicted octanol–water partition coefficient (Wildman–Crippen LogP) is 3.60. The summed E-state index contributed by atoms with van der Waals surface area (Å²) >= 11 is 12.2. The third-order valence-electron chi connectivity index (χ3n) is 4.21. The van der Waals surface area contributed by atoms with Crippen LogP contribution in [0.2, 0.25) is 0 Å². The number of carbonyl (C=O) groups excluding carboxylic acids is 1. The third-order valence-corrected chi connectivity index (χ3v) is 4.75. The lowest BCUT2D eigenvalue weighted by Gasteiger charge is -2.19. The number of hydrogen-bond donors (Lipinski definition) is 2. The number of carbonyl (C=O) groups is 1. The molecule has 24 heavy (non-hydrogen) atoms. The number of phenols is 1. The number of hydrazone groups is 1. The Kier molecular flexibility index (Phi) is 5.07. The van der Waals surface area contributed by atoms with Gasteiger partial charge in [0.15, 0.2) is 0 Å². The van der Waals surface area contributed by atoms with E-state index in [-0.39, 0.29) is 23.5 Å². The van der Waals surface area contributed by atoms with Crippen LogP contribution in [0.3, 0.4) is 0 Å². The van der Waals surface area contributed by atoms with Crippen LogP contribution in [0.25, 0.3) is 0 Å². The fraction of sp³-hybridized carbons (Fsp3) is 0.222. The van der Waals surface area contributed by atoms with Gasteiger partial charge in [-0.2, -0.15) is 5.10 Å². The van der Waals surface area contributed by atoms with Gasteiger partial charge in [0, 0.05) is 11.5 Å². The van der Waals surface area contributed by atoms with Gasteiger partial charge in [-0.3, -0.25) is 4.79 Å². The van der Waals surface area contributed by atoms with E-state index in [1.165, 1.54) is 6.21 Å². The average molecular weight is 363 g/mol. The average Bonchev–Trinajstić information content (AvgIpc) is 2.96. The van der Waals surface area contributed by atoms with Crippen LogP contribution in [-0.2, 0) is 11.2 Å². The van der Waals surface area contributed by atoms with Crippen LogP contribution in [0.4, 0.5) is 0 Å². The summed E-state index contributed by atoms with van der Waals surface area (Å²) in [5, 5.41) is 13.6. The number of aromatic hydroxyl groups is 1. The van der Waals surface area contributed by atoms with Crippen LogP contribution >= 0.6 is 23.2 Å². The summed E-state index contributed by atoms with van der Waals surface area (Å²) in [7, 11) is 0. The van der Waals surface area contributed by atoms with Gasteiger partial charge in [0.2, 0.25) is 5.91 Å². The highest BCUT2D eigenvalue weighted by Crippen LogP contribution is 2.43. The quantitative estimate of drug-likeness (QED) is 0.495. The molecule has 4 nitrogen and oxygen atoms in total. The molecule has 0 aromatic heterocycles. The van der Waals surface area contributed by atoms with Gasteiger partial charge < -0.3 is 5.11 Å². The largest absolute Gasteiger partial charge is 0.507 e.